The summed E-state index contributed by atoms with van der Waals surface area (Å²) < 4.78 is 15.8. The Kier molecular flexibility index (Phi) is 4.66. The van der Waals surface area contributed by atoms with Crippen LogP contribution in [-0.2, 0) is 0 Å². The summed E-state index contributed by atoms with van der Waals surface area (Å²) in [7, 11) is 0. The van der Waals surface area contributed by atoms with E-state index in [9.17, 15) is 14.0 Å². The smallest absolute Gasteiger partial charge is 0.289 e. The number of aromatic nitrogens is 4. The number of hydrazine groups is 1. The van der Waals surface area contributed by atoms with Crippen molar-refractivity contribution in [3.8, 4) is 0 Å². The molecule has 34 heavy (non-hydrogen) atoms. The van der Waals surface area contributed by atoms with Crippen molar-refractivity contribution in [1.29, 1.82) is 0 Å². The van der Waals surface area contributed by atoms with E-state index in [2.05, 4.69) is 31.1 Å². The van der Waals surface area contributed by atoms with Crippen LogP contribution in [0, 0.1) is 12.7 Å². The average molecular weight is 460 g/mol. The van der Waals surface area contributed by atoms with E-state index in [1.54, 1.807) is 29.5 Å². The van der Waals surface area contributed by atoms with Crippen LogP contribution in [0.15, 0.2) is 42.7 Å². The number of hydrogen-bond acceptors (Lipinski definition) is 7. The highest BCUT2D eigenvalue weighted by Crippen LogP contribution is 2.28. The molecule has 2 amide bonds. The van der Waals surface area contributed by atoms with E-state index in [1.165, 1.54) is 24.5 Å². The van der Waals surface area contributed by atoms with E-state index in [-0.39, 0.29) is 17.4 Å². The fourth-order valence-corrected chi connectivity index (χ4v) is 4.62. The van der Waals surface area contributed by atoms with E-state index >= 15 is 0 Å². The summed E-state index contributed by atoms with van der Waals surface area (Å²) >= 11 is 0. The zero-order chi connectivity index (χ0) is 23.4. The molecule has 0 spiro atoms. The van der Waals surface area contributed by atoms with Gasteiger partial charge in [0.1, 0.15) is 17.2 Å². The predicted molar refractivity (Wildman–Crippen MR) is 122 cm³/mol. The van der Waals surface area contributed by atoms with Gasteiger partial charge >= 0.3 is 0 Å². The van der Waals surface area contributed by atoms with Crippen molar-refractivity contribution < 1.29 is 14.0 Å². The maximum Gasteiger partial charge on any atom is 0.289 e. The molecular formula is C23H21FN8O2. The summed E-state index contributed by atoms with van der Waals surface area (Å²) in [4.78, 5) is 40.4. The fraction of sp³-hybridized carbons (Fsp3) is 0.261. The highest BCUT2D eigenvalue weighted by Gasteiger charge is 2.39. The molecule has 3 N–H and O–H groups in total. The molecule has 0 saturated carbocycles. The lowest BCUT2D eigenvalue weighted by atomic mass is 9.91. The summed E-state index contributed by atoms with van der Waals surface area (Å²) in [5.74, 6) is -0.784. The molecule has 11 heteroatoms. The van der Waals surface area contributed by atoms with Crippen molar-refractivity contribution in [2.75, 3.05) is 18.5 Å². The lowest BCUT2D eigenvalue weighted by molar-refractivity contribution is 0.0468. The zero-order valence-corrected chi connectivity index (χ0v) is 18.2. The van der Waals surface area contributed by atoms with Crippen LogP contribution in [0.2, 0.25) is 0 Å². The van der Waals surface area contributed by atoms with E-state index in [4.69, 9.17) is 0 Å². The van der Waals surface area contributed by atoms with Gasteiger partial charge in [0.25, 0.3) is 11.8 Å². The Labute approximate surface area is 193 Å². The predicted octanol–water partition coefficient (Wildman–Crippen LogP) is 1.67. The van der Waals surface area contributed by atoms with Gasteiger partial charge in [-0.3, -0.25) is 29.8 Å². The van der Waals surface area contributed by atoms with Gasteiger partial charge in [-0.15, -0.1) is 0 Å². The van der Waals surface area contributed by atoms with Crippen LogP contribution >= 0.6 is 0 Å². The minimum atomic E-state index is -0.505. The number of piperidine rings is 1. The largest absolute Gasteiger partial charge is 0.334 e. The van der Waals surface area contributed by atoms with Crippen molar-refractivity contribution in [2.24, 2.45) is 0 Å². The molecule has 7 rings (SSSR count). The molecule has 0 radical (unpaired) electrons. The minimum absolute atomic E-state index is 0.0991. The molecule has 4 aromatic rings. The highest BCUT2D eigenvalue weighted by atomic mass is 19.1. The summed E-state index contributed by atoms with van der Waals surface area (Å²) in [6, 6.07) is 8.38. The molecule has 3 aliphatic rings. The van der Waals surface area contributed by atoms with Crippen molar-refractivity contribution in [2.45, 2.75) is 25.4 Å². The first-order valence-corrected chi connectivity index (χ1v) is 11.0. The number of carbonyl (C=O) groups excluding carboxylic acids is 2. The third-order valence-electron chi connectivity index (χ3n) is 6.27. The summed E-state index contributed by atoms with van der Waals surface area (Å²) in [5.41, 5.74) is 8.13. The van der Waals surface area contributed by atoms with Crippen LogP contribution in [0.25, 0.3) is 16.6 Å². The highest BCUT2D eigenvalue weighted by molar-refractivity contribution is 5.98. The van der Waals surface area contributed by atoms with Gasteiger partial charge in [-0.1, -0.05) is 0 Å². The molecule has 3 fully saturated rings. The van der Waals surface area contributed by atoms with Gasteiger partial charge in [-0.05, 0) is 37.6 Å². The molecule has 10 nitrogen and oxygen atoms in total. The Balaban J connectivity index is 1.37. The number of rotatable bonds is 4. The van der Waals surface area contributed by atoms with Gasteiger partial charge in [0.05, 0.1) is 28.4 Å². The molecule has 6 heterocycles. The second-order valence-corrected chi connectivity index (χ2v) is 8.66. The first-order valence-electron chi connectivity index (χ1n) is 11.0. The third-order valence-corrected chi connectivity index (χ3v) is 6.27. The van der Waals surface area contributed by atoms with Crippen LogP contribution in [0.4, 0.5) is 10.2 Å². The van der Waals surface area contributed by atoms with Crippen molar-refractivity contribution in [3.05, 3.63) is 65.6 Å². The molecular weight excluding hydrogens is 439 g/mol. The second kappa shape index (κ2) is 7.73. The molecule has 2 unspecified atom stereocenters. The Hall–Kier alpha value is -4.12. The Morgan fingerprint density at radius 2 is 1.85 bits per heavy atom. The van der Waals surface area contributed by atoms with Crippen molar-refractivity contribution >= 4 is 34.2 Å². The first kappa shape index (κ1) is 20.5. The molecule has 172 valence electrons. The molecule has 2 bridgehead atoms. The number of aryl methyl sites for hydroxylation is 1. The number of fused-ring (bicyclic) bond motifs is 5. The molecule has 3 aromatic heterocycles. The van der Waals surface area contributed by atoms with Crippen LogP contribution < -0.4 is 16.2 Å². The van der Waals surface area contributed by atoms with Crippen LogP contribution in [0.1, 0.15) is 33.1 Å². The number of benzene rings is 1. The molecule has 3 saturated heterocycles. The molecule has 1 aromatic carbocycles. The normalized spacial score (nSPS) is 19.2. The number of anilines is 1. The minimum Gasteiger partial charge on any atom is -0.334 e. The van der Waals surface area contributed by atoms with Crippen molar-refractivity contribution in [1.82, 2.24) is 35.0 Å². The summed E-state index contributed by atoms with van der Waals surface area (Å²) in [6.07, 6.45) is 3.95. The average Bonchev–Trinajstić information content (AvgIpc) is 3.27. The monoisotopic (exact) mass is 460 g/mol. The van der Waals surface area contributed by atoms with Gasteiger partial charge in [0.2, 0.25) is 0 Å². The van der Waals surface area contributed by atoms with Gasteiger partial charge in [0, 0.05) is 37.4 Å². The fourth-order valence-electron chi connectivity index (χ4n) is 4.62. The van der Waals surface area contributed by atoms with E-state index < -0.39 is 11.7 Å². The number of nitrogens with one attached hydrogen (secondary N) is 3. The van der Waals surface area contributed by atoms with E-state index in [0.717, 1.165) is 6.42 Å². The quantitative estimate of drug-likeness (QED) is 0.397. The van der Waals surface area contributed by atoms with Gasteiger partial charge < -0.3 is 10.2 Å². The van der Waals surface area contributed by atoms with Crippen molar-refractivity contribution in [3.63, 3.8) is 0 Å². The maximum absolute atomic E-state index is 14.0. The Bertz CT molecular complexity index is 1440. The van der Waals surface area contributed by atoms with Gasteiger partial charge in [-0.2, -0.15) is 0 Å². The van der Waals surface area contributed by atoms with E-state index in [1.807, 2.05) is 4.90 Å². The summed E-state index contributed by atoms with van der Waals surface area (Å²) in [5, 5.41) is 3.42. The lowest BCUT2D eigenvalue weighted by Gasteiger charge is -2.48. The third kappa shape index (κ3) is 3.41. The molecule has 3 aliphatic heterocycles. The van der Waals surface area contributed by atoms with Crippen LogP contribution in [-0.4, -0.2) is 61.2 Å². The number of amides is 2. The summed E-state index contributed by atoms with van der Waals surface area (Å²) in [6.45, 7) is 3.08. The number of halogens is 1. The first-order chi connectivity index (χ1) is 16.5. The Morgan fingerprint density at radius 1 is 1.09 bits per heavy atom. The molecule has 2 atom stereocenters. The van der Waals surface area contributed by atoms with Gasteiger partial charge in [-0.25, -0.2) is 14.4 Å². The lowest BCUT2D eigenvalue weighted by Crippen LogP contribution is -2.67. The standard InChI is InChI=1S/C23H21FN8O2/c1-12-8-26-17(9-25-12)22(33)30-29-21-19-4-5-20(23(34)31-10-14-7-15(11-31)27-14)32(19)18-3-2-13(24)6-16(18)28-21/h2-6,8-9,14-15,27H,7,10-11H2,1H3,(H,28,29)(H,30,33). The van der Waals surface area contributed by atoms with Gasteiger partial charge in [0.15, 0.2) is 5.82 Å². The van der Waals surface area contributed by atoms with Crippen LogP contribution in [0.3, 0.4) is 0 Å². The zero-order valence-electron chi connectivity index (χ0n) is 18.2. The van der Waals surface area contributed by atoms with E-state index in [0.29, 0.717) is 53.1 Å². The number of nitrogens with zero attached hydrogens (tertiary/aromatic N) is 5. The molecule has 0 aliphatic carbocycles. The Morgan fingerprint density at radius 3 is 2.59 bits per heavy atom. The maximum atomic E-state index is 14.0. The number of carbonyl (C=O) groups is 2. The number of piperazine rings is 1. The second-order valence-electron chi connectivity index (χ2n) is 8.66. The van der Waals surface area contributed by atoms with Crippen LogP contribution in [0.5, 0.6) is 0 Å². The number of hydrogen-bond donors (Lipinski definition) is 3. The topological polar surface area (TPSA) is 117 Å². The SMILES string of the molecule is Cc1cnc(C(=O)NNc2nc3cc(F)ccc3n3c(C(=O)N4CC5CC(C4)N5)ccc23)cn1.